The normalized spacial score (nSPS) is 16.6. The summed E-state index contributed by atoms with van der Waals surface area (Å²) in [5.41, 5.74) is 3.43. The summed E-state index contributed by atoms with van der Waals surface area (Å²) in [6.45, 7) is 11.5. The van der Waals surface area contributed by atoms with Gasteiger partial charge in [0.05, 0.1) is 31.3 Å². The molecule has 1 aliphatic rings. The average Bonchev–Trinajstić information content (AvgIpc) is 3.05. The quantitative estimate of drug-likeness (QED) is 0.714. The first-order valence-electron chi connectivity index (χ1n) is 9.15. The van der Waals surface area contributed by atoms with E-state index in [0.717, 1.165) is 53.8 Å². The Kier molecular flexibility index (Phi) is 8.74. The first kappa shape index (κ1) is 22.3. The van der Waals surface area contributed by atoms with Crippen LogP contribution in [0.25, 0.3) is 0 Å². The van der Waals surface area contributed by atoms with Gasteiger partial charge < -0.3 is 9.80 Å². The van der Waals surface area contributed by atoms with Gasteiger partial charge >= 0.3 is 0 Å². The fourth-order valence-corrected chi connectivity index (χ4v) is 4.17. The van der Waals surface area contributed by atoms with E-state index in [9.17, 15) is 4.79 Å². The molecular weight excluding hydrogens is 387 g/mol. The number of rotatable bonds is 6. The number of carbonyl (C=O) groups is 1. The third-order valence-electron chi connectivity index (χ3n) is 5.52. The summed E-state index contributed by atoms with van der Waals surface area (Å²) in [6, 6.07) is 5.89. The van der Waals surface area contributed by atoms with Crippen molar-refractivity contribution in [1.82, 2.24) is 0 Å². The van der Waals surface area contributed by atoms with Crippen LogP contribution in [0.15, 0.2) is 12.1 Å². The molecule has 0 aliphatic carbocycles. The van der Waals surface area contributed by atoms with E-state index in [1.54, 1.807) is 0 Å². The first-order chi connectivity index (χ1) is 11.5. The monoisotopic (exact) mass is 417 g/mol. The number of carbonyl (C=O) groups excluding carboxylic acids is 1. The van der Waals surface area contributed by atoms with E-state index >= 15 is 0 Å². The summed E-state index contributed by atoms with van der Waals surface area (Å²) in [6.07, 6.45) is 4.38. The van der Waals surface area contributed by atoms with Crippen molar-refractivity contribution in [2.45, 2.75) is 59.4 Å². The molecule has 133 valence electrons. The number of hydrogen-bond acceptors (Lipinski definition) is 2. The zero-order valence-electron chi connectivity index (χ0n) is 16.1. The first-order valence-corrected chi connectivity index (χ1v) is 9.15. The Morgan fingerprint density at radius 2 is 1.80 bits per heavy atom. The van der Waals surface area contributed by atoms with E-state index < -0.39 is 0 Å². The van der Waals surface area contributed by atoms with Gasteiger partial charge in [0, 0.05) is 57.7 Å². The minimum Gasteiger partial charge on any atom is -0.320 e. The molecule has 1 N–H and O–H groups in total. The number of amides is 1. The van der Waals surface area contributed by atoms with Gasteiger partial charge in [-0.2, -0.15) is 5.26 Å². The standard InChI is InChI=1S/C20H29N3O.Y/c1-5-9-18(23(6-2)10-7-8-11-23)20(24)22-19-15(3)12-17(14-21)13-16(19)4;/h12-13,18H,5-11H2,1-4H3;/p+1. The summed E-state index contributed by atoms with van der Waals surface area (Å²) in [5, 5.41) is 12.3. The van der Waals surface area contributed by atoms with Crippen LogP contribution in [-0.4, -0.2) is 36.1 Å². The van der Waals surface area contributed by atoms with Gasteiger partial charge in [-0.15, -0.1) is 0 Å². The summed E-state index contributed by atoms with van der Waals surface area (Å²) in [5.74, 6) is 0.136. The van der Waals surface area contributed by atoms with Crippen LogP contribution in [0.1, 0.15) is 56.2 Å². The molecular formula is C20H30N3OY+. The van der Waals surface area contributed by atoms with Gasteiger partial charge in [-0.3, -0.25) is 4.79 Å². The average molecular weight is 417 g/mol. The van der Waals surface area contributed by atoms with Crippen LogP contribution >= 0.6 is 0 Å². The SMILES string of the molecule is CCCC(C(=O)Nc1c(C)cc(C#N)cc1C)[N+]1(CC)CCCC1.[Y]. The Labute approximate surface area is 177 Å². The summed E-state index contributed by atoms with van der Waals surface area (Å²) in [4.78, 5) is 13.1. The molecule has 1 amide bonds. The smallest absolute Gasteiger partial charge is 0.282 e. The number of likely N-dealkylation sites (N-methyl/N-ethyl adjacent to an activating group) is 1. The Morgan fingerprint density at radius 3 is 2.24 bits per heavy atom. The number of anilines is 1. The Bertz CT molecular complexity index is 622. The van der Waals surface area contributed by atoms with Gasteiger partial charge in [0.15, 0.2) is 6.04 Å². The van der Waals surface area contributed by atoms with Gasteiger partial charge in [0.1, 0.15) is 0 Å². The molecule has 1 fully saturated rings. The summed E-state index contributed by atoms with van der Waals surface area (Å²) < 4.78 is 0.925. The fraction of sp³-hybridized carbons (Fsp3) is 0.600. The van der Waals surface area contributed by atoms with Crippen LogP contribution in [0, 0.1) is 25.2 Å². The van der Waals surface area contributed by atoms with Crippen molar-refractivity contribution in [3.63, 3.8) is 0 Å². The molecule has 0 saturated carbocycles. The summed E-state index contributed by atoms with van der Waals surface area (Å²) in [7, 11) is 0. The van der Waals surface area contributed by atoms with Crippen molar-refractivity contribution in [3.8, 4) is 6.07 Å². The molecule has 4 nitrogen and oxygen atoms in total. The number of benzene rings is 1. The van der Waals surface area contributed by atoms with Crippen molar-refractivity contribution >= 4 is 11.6 Å². The Morgan fingerprint density at radius 1 is 1.24 bits per heavy atom. The maximum Gasteiger partial charge on any atom is 0.282 e. The maximum atomic E-state index is 13.1. The molecule has 1 aromatic carbocycles. The van der Waals surface area contributed by atoms with Crippen molar-refractivity contribution in [2.75, 3.05) is 25.0 Å². The van der Waals surface area contributed by atoms with Crippen LogP contribution in [0.4, 0.5) is 5.69 Å². The van der Waals surface area contributed by atoms with E-state index in [0.29, 0.717) is 5.56 Å². The third kappa shape index (κ3) is 4.91. The van der Waals surface area contributed by atoms with Gasteiger partial charge in [-0.05, 0) is 50.5 Å². The summed E-state index contributed by atoms with van der Waals surface area (Å²) >= 11 is 0. The third-order valence-corrected chi connectivity index (χ3v) is 5.52. The van der Waals surface area contributed by atoms with E-state index in [1.165, 1.54) is 12.8 Å². The molecule has 1 aliphatic heterocycles. The van der Waals surface area contributed by atoms with E-state index in [4.69, 9.17) is 5.26 Å². The predicted octanol–water partition coefficient (Wildman–Crippen LogP) is 3.91. The van der Waals surface area contributed by atoms with Crippen LogP contribution in [0.3, 0.4) is 0 Å². The zero-order valence-corrected chi connectivity index (χ0v) is 18.9. The van der Waals surface area contributed by atoms with Crippen molar-refractivity contribution in [3.05, 3.63) is 28.8 Å². The van der Waals surface area contributed by atoms with E-state index in [-0.39, 0.29) is 44.7 Å². The van der Waals surface area contributed by atoms with Crippen LogP contribution in [-0.2, 0) is 37.5 Å². The molecule has 0 spiro atoms. The minimum absolute atomic E-state index is 0. The molecule has 1 unspecified atom stereocenters. The molecule has 1 radical (unpaired) electrons. The molecule has 0 aromatic heterocycles. The predicted molar refractivity (Wildman–Crippen MR) is 97.7 cm³/mol. The number of nitrogens with one attached hydrogen (secondary N) is 1. The zero-order chi connectivity index (χ0) is 17.7. The Balaban J connectivity index is 0.00000312. The van der Waals surface area contributed by atoms with Gasteiger partial charge in [-0.1, -0.05) is 6.92 Å². The number of aryl methyl sites for hydroxylation is 2. The van der Waals surface area contributed by atoms with Crippen LogP contribution in [0.2, 0.25) is 0 Å². The molecule has 1 heterocycles. The molecule has 1 aromatic rings. The maximum absolute atomic E-state index is 13.1. The topological polar surface area (TPSA) is 52.9 Å². The van der Waals surface area contributed by atoms with Crippen LogP contribution in [0.5, 0.6) is 0 Å². The number of hydrogen-bond donors (Lipinski definition) is 1. The molecule has 0 bridgehead atoms. The number of quaternary nitrogens is 1. The molecule has 5 heteroatoms. The number of likely N-dealkylation sites (tertiary alicyclic amines) is 1. The van der Waals surface area contributed by atoms with E-state index in [1.807, 2.05) is 26.0 Å². The second kappa shape index (κ2) is 9.81. The molecule has 2 rings (SSSR count). The molecule has 1 saturated heterocycles. The second-order valence-electron chi connectivity index (χ2n) is 7.08. The van der Waals surface area contributed by atoms with Crippen molar-refractivity contribution in [1.29, 1.82) is 5.26 Å². The van der Waals surface area contributed by atoms with E-state index in [2.05, 4.69) is 25.2 Å². The second-order valence-corrected chi connectivity index (χ2v) is 7.08. The van der Waals surface area contributed by atoms with Crippen molar-refractivity contribution in [2.24, 2.45) is 0 Å². The van der Waals surface area contributed by atoms with Crippen LogP contribution < -0.4 is 5.32 Å². The number of nitriles is 1. The molecule has 1 atom stereocenters. The molecule has 25 heavy (non-hydrogen) atoms. The minimum atomic E-state index is 0. The fourth-order valence-electron chi connectivity index (χ4n) is 4.17. The number of nitrogens with zero attached hydrogens (tertiary/aromatic N) is 2. The largest absolute Gasteiger partial charge is 0.320 e. The Hall–Kier alpha value is -0.756. The van der Waals surface area contributed by atoms with Gasteiger partial charge in [-0.25, -0.2) is 0 Å². The van der Waals surface area contributed by atoms with Gasteiger partial charge in [0.25, 0.3) is 5.91 Å². The van der Waals surface area contributed by atoms with Crippen molar-refractivity contribution < 1.29 is 42.0 Å². The van der Waals surface area contributed by atoms with Gasteiger partial charge in [0.2, 0.25) is 0 Å².